The van der Waals surface area contributed by atoms with Crippen molar-refractivity contribution in [1.82, 2.24) is 15.3 Å². The lowest BCUT2D eigenvalue weighted by atomic mass is 10.2. The van der Waals surface area contributed by atoms with Crippen molar-refractivity contribution in [2.75, 3.05) is 0 Å². The molecule has 0 amide bonds. The van der Waals surface area contributed by atoms with Crippen LogP contribution in [0.25, 0.3) is 5.69 Å². The van der Waals surface area contributed by atoms with Gasteiger partial charge in [-0.25, -0.2) is 0 Å². The van der Waals surface area contributed by atoms with E-state index in [2.05, 4.69) is 87.2 Å². The molecule has 0 saturated heterocycles. The van der Waals surface area contributed by atoms with Gasteiger partial charge in [0, 0.05) is 32.3 Å². The first kappa shape index (κ1) is 17.9. The minimum absolute atomic E-state index is 0.288. The third-order valence-electron chi connectivity index (χ3n) is 3.34. The number of hydrazone groups is 1. The van der Waals surface area contributed by atoms with Crippen molar-refractivity contribution >= 4 is 46.1 Å². The van der Waals surface area contributed by atoms with E-state index in [1.165, 1.54) is 9.26 Å². The van der Waals surface area contributed by atoms with Crippen molar-refractivity contribution in [3.63, 3.8) is 0 Å². The largest absolute Gasteiger partial charge is 0.359 e. The summed E-state index contributed by atoms with van der Waals surface area (Å²) in [6, 6.07) is 10.9. The van der Waals surface area contributed by atoms with Gasteiger partial charge in [-0.1, -0.05) is 0 Å². The van der Waals surface area contributed by atoms with Crippen molar-refractivity contribution in [2.24, 2.45) is 5.10 Å². The fraction of sp³-hybridized carbons (Fsp3) is 0.294. The van der Waals surface area contributed by atoms with Crippen molar-refractivity contribution in [3.8, 4) is 5.69 Å². The molecule has 4 nitrogen and oxygen atoms in total. The third kappa shape index (κ3) is 4.78. The van der Waals surface area contributed by atoms with Crippen LogP contribution in [0.3, 0.4) is 0 Å². The molecule has 122 valence electrons. The quantitative estimate of drug-likeness (QED) is 0.328. The molecule has 6 heteroatoms. The average molecular weight is 440 g/mol. The normalized spacial score (nSPS) is 11.2. The second-order valence-corrected chi connectivity index (χ2v) is 7.29. The van der Waals surface area contributed by atoms with Gasteiger partial charge in [0.15, 0.2) is 5.11 Å². The number of aryl methyl sites for hydroxylation is 1. The summed E-state index contributed by atoms with van der Waals surface area (Å²) in [6.07, 6.45) is 1.81. The summed E-state index contributed by atoms with van der Waals surface area (Å²) < 4.78 is 3.45. The van der Waals surface area contributed by atoms with Gasteiger partial charge in [-0.2, -0.15) is 5.10 Å². The Kier molecular flexibility index (Phi) is 6.17. The molecule has 0 aliphatic heterocycles. The van der Waals surface area contributed by atoms with E-state index < -0.39 is 0 Å². The number of hydrogen-bond donors (Lipinski definition) is 2. The molecule has 23 heavy (non-hydrogen) atoms. The summed E-state index contributed by atoms with van der Waals surface area (Å²) in [5.74, 6) is 0. The fourth-order valence-corrected chi connectivity index (χ4v) is 3.01. The summed E-state index contributed by atoms with van der Waals surface area (Å²) in [5.41, 5.74) is 7.40. The van der Waals surface area contributed by atoms with E-state index in [4.69, 9.17) is 12.2 Å². The molecule has 2 aromatic rings. The van der Waals surface area contributed by atoms with Crippen LogP contribution in [-0.2, 0) is 0 Å². The van der Waals surface area contributed by atoms with Crippen LogP contribution in [0, 0.1) is 17.4 Å². The Morgan fingerprint density at radius 1 is 1.26 bits per heavy atom. The van der Waals surface area contributed by atoms with Gasteiger partial charge in [0.05, 0.1) is 6.21 Å². The highest BCUT2D eigenvalue weighted by Gasteiger charge is 2.09. The van der Waals surface area contributed by atoms with E-state index in [-0.39, 0.29) is 6.04 Å². The van der Waals surface area contributed by atoms with E-state index in [0.717, 1.165) is 16.9 Å². The maximum absolute atomic E-state index is 5.16. The molecule has 0 fully saturated rings. The summed E-state index contributed by atoms with van der Waals surface area (Å²) in [7, 11) is 0. The number of halogens is 1. The van der Waals surface area contributed by atoms with Crippen molar-refractivity contribution in [1.29, 1.82) is 0 Å². The van der Waals surface area contributed by atoms with E-state index in [1.807, 2.05) is 13.8 Å². The van der Waals surface area contributed by atoms with Crippen molar-refractivity contribution in [3.05, 3.63) is 50.9 Å². The first-order chi connectivity index (χ1) is 10.9. The number of aromatic nitrogens is 1. The molecule has 2 N–H and O–H groups in total. The molecule has 0 bridgehead atoms. The standard InChI is InChI=1S/C17H21IN4S/c1-11(2)20-17(23)21-19-10-14-9-12(3)22(13(14)4)16-7-5-15(18)6-8-16/h5-11H,1-4H3,(H2,20,21,23)/b19-10-. The SMILES string of the molecule is Cc1cc(/C=N\NC(=S)NC(C)C)c(C)n1-c1ccc(I)cc1. The molecule has 0 radical (unpaired) electrons. The lowest BCUT2D eigenvalue weighted by Crippen LogP contribution is -2.36. The Morgan fingerprint density at radius 2 is 1.91 bits per heavy atom. The topological polar surface area (TPSA) is 41.4 Å². The Balaban J connectivity index is 2.17. The molecular weight excluding hydrogens is 419 g/mol. The van der Waals surface area contributed by atoms with E-state index >= 15 is 0 Å². The van der Waals surface area contributed by atoms with Crippen LogP contribution in [0.15, 0.2) is 35.4 Å². The van der Waals surface area contributed by atoms with Gasteiger partial charge in [-0.05, 0) is 92.8 Å². The van der Waals surface area contributed by atoms with Crippen molar-refractivity contribution < 1.29 is 0 Å². The highest BCUT2D eigenvalue weighted by atomic mass is 127. The second-order valence-electron chi connectivity index (χ2n) is 5.64. The predicted molar refractivity (Wildman–Crippen MR) is 110 cm³/mol. The van der Waals surface area contributed by atoms with E-state index in [1.54, 1.807) is 6.21 Å². The average Bonchev–Trinajstić information content (AvgIpc) is 2.74. The molecule has 0 saturated carbocycles. The highest BCUT2D eigenvalue weighted by Crippen LogP contribution is 2.20. The van der Waals surface area contributed by atoms with Gasteiger partial charge in [-0.15, -0.1) is 0 Å². The Bertz CT molecular complexity index is 717. The van der Waals surface area contributed by atoms with Gasteiger partial charge < -0.3 is 9.88 Å². The Morgan fingerprint density at radius 3 is 2.52 bits per heavy atom. The van der Waals surface area contributed by atoms with Crippen LogP contribution in [0.2, 0.25) is 0 Å². The highest BCUT2D eigenvalue weighted by molar-refractivity contribution is 14.1. The zero-order chi connectivity index (χ0) is 17.0. The Labute approximate surface area is 156 Å². The Hall–Kier alpha value is -1.41. The van der Waals surface area contributed by atoms with E-state index in [0.29, 0.717) is 5.11 Å². The van der Waals surface area contributed by atoms with Gasteiger partial charge in [-0.3, -0.25) is 5.43 Å². The molecule has 0 spiro atoms. The van der Waals surface area contributed by atoms with Crippen molar-refractivity contribution in [2.45, 2.75) is 33.7 Å². The number of hydrogen-bond acceptors (Lipinski definition) is 2. The number of thiocarbonyl (C=S) groups is 1. The third-order valence-corrected chi connectivity index (χ3v) is 4.27. The summed E-state index contributed by atoms with van der Waals surface area (Å²) >= 11 is 7.47. The second kappa shape index (κ2) is 7.92. The molecular formula is C17H21IN4S. The molecule has 1 aromatic heterocycles. The lowest BCUT2D eigenvalue weighted by Gasteiger charge is -2.10. The van der Waals surface area contributed by atoms with Gasteiger partial charge >= 0.3 is 0 Å². The van der Waals surface area contributed by atoms with Crippen LogP contribution < -0.4 is 10.7 Å². The van der Waals surface area contributed by atoms with Crippen LogP contribution in [0.1, 0.15) is 30.8 Å². The number of nitrogens with one attached hydrogen (secondary N) is 2. The molecule has 1 heterocycles. The fourth-order valence-electron chi connectivity index (χ4n) is 2.36. The molecule has 2 rings (SSSR count). The van der Waals surface area contributed by atoms with Crippen LogP contribution in [0.5, 0.6) is 0 Å². The van der Waals surface area contributed by atoms with Crippen LogP contribution in [0.4, 0.5) is 0 Å². The van der Waals surface area contributed by atoms with Crippen LogP contribution >= 0.6 is 34.8 Å². The first-order valence-corrected chi connectivity index (χ1v) is 8.91. The van der Waals surface area contributed by atoms with Crippen LogP contribution in [-0.4, -0.2) is 21.9 Å². The first-order valence-electron chi connectivity index (χ1n) is 7.43. The zero-order valence-electron chi connectivity index (χ0n) is 13.7. The molecule has 0 unspecified atom stereocenters. The van der Waals surface area contributed by atoms with Gasteiger partial charge in [0.25, 0.3) is 0 Å². The molecule has 0 atom stereocenters. The minimum Gasteiger partial charge on any atom is -0.359 e. The summed E-state index contributed by atoms with van der Waals surface area (Å²) in [6.45, 7) is 8.26. The minimum atomic E-state index is 0.288. The lowest BCUT2D eigenvalue weighted by molar-refractivity contribution is 0.720. The maximum Gasteiger partial charge on any atom is 0.187 e. The van der Waals surface area contributed by atoms with E-state index in [9.17, 15) is 0 Å². The zero-order valence-corrected chi connectivity index (χ0v) is 16.7. The van der Waals surface area contributed by atoms with Gasteiger partial charge in [0.2, 0.25) is 0 Å². The monoisotopic (exact) mass is 440 g/mol. The summed E-state index contributed by atoms with van der Waals surface area (Å²) in [5, 5.41) is 7.85. The number of benzene rings is 1. The maximum atomic E-state index is 5.16. The van der Waals surface area contributed by atoms with Gasteiger partial charge in [0.1, 0.15) is 0 Å². The molecule has 0 aliphatic rings. The molecule has 1 aromatic carbocycles. The number of rotatable bonds is 4. The number of nitrogens with zero attached hydrogens (tertiary/aromatic N) is 2. The smallest absolute Gasteiger partial charge is 0.187 e. The molecule has 0 aliphatic carbocycles. The predicted octanol–water partition coefficient (Wildman–Crippen LogP) is 3.91. The summed E-state index contributed by atoms with van der Waals surface area (Å²) in [4.78, 5) is 0.